The first-order valence-electron chi connectivity index (χ1n) is 4.91. The van der Waals surface area contributed by atoms with Crippen molar-refractivity contribution in [3.63, 3.8) is 0 Å². The quantitative estimate of drug-likeness (QED) is 0.653. The Morgan fingerprint density at radius 3 is 2.19 bits per heavy atom. The maximum atomic E-state index is 8.91. The summed E-state index contributed by atoms with van der Waals surface area (Å²) in [5.41, 5.74) is 3.37. The first-order chi connectivity index (χ1) is 7.83. The predicted molar refractivity (Wildman–Crippen MR) is 64.5 cm³/mol. The molecule has 0 amide bonds. The molecule has 2 aromatic carbocycles. The molecule has 1 heteroatoms. The van der Waals surface area contributed by atoms with Crippen molar-refractivity contribution in [3.05, 3.63) is 59.7 Å². The summed E-state index contributed by atoms with van der Waals surface area (Å²) in [7, 11) is 0. The predicted octanol–water partition coefficient (Wildman–Crippen LogP) is 3.21. The van der Waals surface area contributed by atoms with Crippen LogP contribution >= 0.6 is 0 Å². The molecule has 0 bridgehead atoms. The van der Waals surface area contributed by atoms with Gasteiger partial charge in [-0.25, -0.2) is 0 Å². The largest absolute Gasteiger partial charge is 0.192 e. The van der Waals surface area contributed by atoms with Crippen LogP contribution in [-0.2, 0) is 0 Å². The molecular formula is C15H9N. The van der Waals surface area contributed by atoms with Crippen LogP contribution in [-0.4, -0.2) is 0 Å². The SMILES string of the molecule is C#Cc1cc(C#N)cc(-c2ccccc2)c1. The average molecular weight is 203 g/mol. The lowest BCUT2D eigenvalue weighted by Gasteiger charge is -2.03. The van der Waals surface area contributed by atoms with Crippen molar-refractivity contribution in [2.45, 2.75) is 0 Å². The van der Waals surface area contributed by atoms with Crippen LogP contribution in [0.25, 0.3) is 11.1 Å². The minimum Gasteiger partial charge on any atom is -0.192 e. The monoisotopic (exact) mass is 203 g/mol. The highest BCUT2D eigenvalue weighted by Crippen LogP contribution is 2.21. The number of nitrogens with zero attached hydrogens (tertiary/aromatic N) is 1. The van der Waals surface area contributed by atoms with Crippen LogP contribution in [0.15, 0.2) is 48.5 Å². The van der Waals surface area contributed by atoms with Crippen molar-refractivity contribution in [1.29, 1.82) is 5.26 Å². The van der Waals surface area contributed by atoms with E-state index in [4.69, 9.17) is 11.7 Å². The normalized spacial score (nSPS) is 9.12. The standard InChI is InChI=1S/C15H9N/c1-2-12-8-13(11-16)10-15(9-12)14-6-4-3-5-7-14/h1,3-10H. The van der Waals surface area contributed by atoms with Gasteiger partial charge in [-0.3, -0.25) is 0 Å². The topological polar surface area (TPSA) is 23.8 Å². The molecule has 0 heterocycles. The van der Waals surface area contributed by atoms with Gasteiger partial charge in [0.2, 0.25) is 0 Å². The van der Waals surface area contributed by atoms with Crippen LogP contribution in [0.4, 0.5) is 0 Å². The summed E-state index contributed by atoms with van der Waals surface area (Å²) in [5, 5.41) is 8.91. The molecule has 1 nitrogen and oxygen atoms in total. The fraction of sp³-hybridized carbons (Fsp3) is 0. The third-order valence-corrected chi connectivity index (χ3v) is 2.34. The van der Waals surface area contributed by atoms with E-state index >= 15 is 0 Å². The minimum absolute atomic E-state index is 0.592. The second kappa shape index (κ2) is 4.34. The molecule has 0 aromatic heterocycles. The third-order valence-electron chi connectivity index (χ3n) is 2.34. The van der Waals surface area contributed by atoms with E-state index in [1.807, 2.05) is 42.5 Å². The fourth-order valence-corrected chi connectivity index (χ4v) is 1.57. The Morgan fingerprint density at radius 2 is 1.56 bits per heavy atom. The summed E-state index contributed by atoms with van der Waals surface area (Å²) in [6, 6.07) is 17.5. The number of rotatable bonds is 1. The van der Waals surface area contributed by atoms with Gasteiger partial charge in [0, 0.05) is 5.56 Å². The number of hydrogen-bond donors (Lipinski definition) is 0. The van der Waals surface area contributed by atoms with Gasteiger partial charge in [0.15, 0.2) is 0 Å². The zero-order valence-corrected chi connectivity index (χ0v) is 8.64. The van der Waals surface area contributed by atoms with Gasteiger partial charge in [-0.2, -0.15) is 5.26 Å². The molecule has 0 atom stereocenters. The Morgan fingerprint density at radius 1 is 0.875 bits per heavy atom. The third kappa shape index (κ3) is 1.95. The van der Waals surface area contributed by atoms with Crippen LogP contribution in [0, 0.1) is 23.7 Å². The Bertz CT molecular complexity index is 551. The highest BCUT2D eigenvalue weighted by Gasteiger charge is 2.01. The molecule has 0 N–H and O–H groups in total. The molecule has 0 saturated heterocycles. The number of hydrogen-bond acceptors (Lipinski definition) is 1. The second-order valence-corrected chi connectivity index (χ2v) is 3.42. The zero-order chi connectivity index (χ0) is 11.4. The van der Waals surface area contributed by atoms with Crippen LogP contribution in [0.2, 0.25) is 0 Å². The van der Waals surface area contributed by atoms with Crippen LogP contribution in [0.5, 0.6) is 0 Å². The molecule has 74 valence electrons. The Balaban J connectivity index is 2.59. The maximum Gasteiger partial charge on any atom is 0.0992 e. The summed E-state index contributed by atoms with van der Waals surface area (Å²) in [5.74, 6) is 2.56. The number of terminal acetylenes is 1. The zero-order valence-electron chi connectivity index (χ0n) is 8.64. The summed E-state index contributed by atoms with van der Waals surface area (Å²) >= 11 is 0. The van der Waals surface area contributed by atoms with Crippen LogP contribution < -0.4 is 0 Å². The number of benzene rings is 2. The average Bonchev–Trinajstić information content (AvgIpc) is 2.39. The highest BCUT2D eigenvalue weighted by molar-refractivity contribution is 5.67. The Labute approximate surface area is 95.0 Å². The molecule has 0 unspecified atom stereocenters. The summed E-state index contributed by atoms with van der Waals surface area (Å²) < 4.78 is 0. The molecule has 2 aromatic rings. The summed E-state index contributed by atoms with van der Waals surface area (Å²) in [6.45, 7) is 0. The van der Waals surface area contributed by atoms with E-state index in [2.05, 4.69) is 12.0 Å². The van der Waals surface area contributed by atoms with E-state index in [1.54, 1.807) is 6.07 Å². The second-order valence-electron chi connectivity index (χ2n) is 3.42. The Kier molecular flexibility index (Phi) is 2.72. The van der Waals surface area contributed by atoms with Gasteiger partial charge in [0.25, 0.3) is 0 Å². The molecule has 2 rings (SSSR count). The van der Waals surface area contributed by atoms with Crippen molar-refractivity contribution in [1.82, 2.24) is 0 Å². The first kappa shape index (κ1) is 10.0. The Hall–Kier alpha value is -2.51. The van der Waals surface area contributed by atoms with Gasteiger partial charge in [-0.1, -0.05) is 36.3 Å². The van der Waals surface area contributed by atoms with E-state index in [0.717, 1.165) is 16.7 Å². The minimum atomic E-state index is 0.592. The smallest absolute Gasteiger partial charge is 0.0992 e. The fourth-order valence-electron chi connectivity index (χ4n) is 1.57. The van der Waals surface area contributed by atoms with Crippen molar-refractivity contribution < 1.29 is 0 Å². The molecule has 0 saturated carbocycles. The maximum absolute atomic E-state index is 8.91. The van der Waals surface area contributed by atoms with E-state index in [-0.39, 0.29) is 0 Å². The van der Waals surface area contributed by atoms with Gasteiger partial charge in [-0.15, -0.1) is 6.42 Å². The molecule has 0 aliphatic carbocycles. The molecule has 0 aliphatic heterocycles. The summed E-state index contributed by atoms with van der Waals surface area (Å²) in [6.07, 6.45) is 5.36. The van der Waals surface area contributed by atoms with Gasteiger partial charge >= 0.3 is 0 Å². The van der Waals surface area contributed by atoms with E-state index in [9.17, 15) is 0 Å². The van der Waals surface area contributed by atoms with E-state index < -0.39 is 0 Å². The molecule has 0 aliphatic rings. The van der Waals surface area contributed by atoms with E-state index in [1.165, 1.54) is 0 Å². The van der Waals surface area contributed by atoms with E-state index in [0.29, 0.717) is 5.56 Å². The lowest BCUT2D eigenvalue weighted by atomic mass is 10.0. The first-order valence-corrected chi connectivity index (χ1v) is 4.91. The van der Waals surface area contributed by atoms with Crippen molar-refractivity contribution in [2.24, 2.45) is 0 Å². The number of nitriles is 1. The highest BCUT2D eigenvalue weighted by atomic mass is 14.2. The van der Waals surface area contributed by atoms with Gasteiger partial charge < -0.3 is 0 Å². The molecule has 0 spiro atoms. The van der Waals surface area contributed by atoms with Gasteiger partial charge in [0.1, 0.15) is 0 Å². The lowest BCUT2D eigenvalue weighted by Crippen LogP contribution is -1.83. The molecular weight excluding hydrogens is 194 g/mol. The summed E-state index contributed by atoms with van der Waals surface area (Å²) in [4.78, 5) is 0. The van der Waals surface area contributed by atoms with Gasteiger partial charge in [0.05, 0.1) is 11.6 Å². The van der Waals surface area contributed by atoms with Crippen molar-refractivity contribution in [3.8, 4) is 29.5 Å². The molecule has 0 fully saturated rings. The van der Waals surface area contributed by atoms with Gasteiger partial charge in [-0.05, 0) is 29.3 Å². The molecule has 0 radical (unpaired) electrons. The molecule has 16 heavy (non-hydrogen) atoms. The van der Waals surface area contributed by atoms with Crippen LogP contribution in [0.1, 0.15) is 11.1 Å². The van der Waals surface area contributed by atoms with Crippen molar-refractivity contribution in [2.75, 3.05) is 0 Å². The lowest BCUT2D eigenvalue weighted by molar-refractivity contribution is 1.47. The van der Waals surface area contributed by atoms with Crippen molar-refractivity contribution >= 4 is 0 Å². The van der Waals surface area contributed by atoms with Crippen LogP contribution in [0.3, 0.4) is 0 Å².